The van der Waals surface area contributed by atoms with E-state index in [2.05, 4.69) is 45.1 Å². The topological polar surface area (TPSA) is 41.6 Å². The molecule has 0 heterocycles. The van der Waals surface area contributed by atoms with E-state index in [1.807, 2.05) is 14.1 Å². The van der Waals surface area contributed by atoms with Crippen molar-refractivity contribution in [1.29, 1.82) is 0 Å². The summed E-state index contributed by atoms with van der Waals surface area (Å²) in [5, 5.41) is 3.06. The van der Waals surface area contributed by atoms with Gasteiger partial charge in [-0.15, -0.1) is 0 Å². The summed E-state index contributed by atoms with van der Waals surface area (Å²) in [5.74, 6) is 1.09. The third-order valence-corrected chi connectivity index (χ3v) is 4.05. The van der Waals surface area contributed by atoms with E-state index in [-0.39, 0.29) is 11.3 Å². The number of hydrogen-bond acceptors (Lipinski definition) is 3. The average molecular weight is 320 g/mol. The fourth-order valence-corrected chi connectivity index (χ4v) is 2.67. The van der Waals surface area contributed by atoms with E-state index in [1.165, 1.54) is 11.1 Å². The van der Waals surface area contributed by atoms with Crippen molar-refractivity contribution in [2.45, 2.75) is 46.0 Å². The molecule has 0 aliphatic carbocycles. The monoisotopic (exact) mass is 320 g/mol. The number of nitrogens with zero attached hydrogens (tertiary/aromatic N) is 1. The number of aryl methyl sites for hydroxylation is 2. The van der Waals surface area contributed by atoms with Crippen LogP contribution in [-0.4, -0.2) is 45.1 Å². The summed E-state index contributed by atoms with van der Waals surface area (Å²) >= 11 is 0. The van der Waals surface area contributed by atoms with Crippen LogP contribution >= 0.6 is 0 Å². The van der Waals surface area contributed by atoms with Crippen LogP contribution in [0.25, 0.3) is 0 Å². The largest absolute Gasteiger partial charge is 0.496 e. The quantitative estimate of drug-likeness (QED) is 0.840. The highest BCUT2D eigenvalue weighted by atomic mass is 16.5. The van der Waals surface area contributed by atoms with Gasteiger partial charge in [-0.1, -0.05) is 38.5 Å². The lowest BCUT2D eigenvalue weighted by molar-refractivity contribution is -0.129. The van der Waals surface area contributed by atoms with E-state index in [1.54, 1.807) is 12.0 Å². The lowest BCUT2D eigenvalue weighted by Crippen LogP contribution is -2.32. The number of hydrogen-bond donors (Lipinski definition) is 1. The summed E-state index contributed by atoms with van der Waals surface area (Å²) in [6.07, 6.45) is 1.21. The average Bonchev–Trinajstić information content (AvgIpc) is 2.48. The van der Waals surface area contributed by atoms with Crippen LogP contribution < -0.4 is 10.1 Å². The van der Waals surface area contributed by atoms with Gasteiger partial charge in [0, 0.05) is 32.1 Å². The first-order valence-corrected chi connectivity index (χ1v) is 8.27. The highest BCUT2D eigenvalue weighted by molar-refractivity contribution is 5.76. The van der Waals surface area contributed by atoms with E-state index in [0.717, 1.165) is 24.4 Å². The molecule has 4 nitrogen and oxygen atoms in total. The van der Waals surface area contributed by atoms with Gasteiger partial charge in [-0.3, -0.25) is 4.79 Å². The Kier molecular flexibility index (Phi) is 7.07. The summed E-state index contributed by atoms with van der Waals surface area (Å²) in [7, 11) is 5.46. The maximum Gasteiger partial charge on any atom is 0.222 e. The summed E-state index contributed by atoms with van der Waals surface area (Å²) in [6.45, 7) is 10.2. The zero-order valence-electron chi connectivity index (χ0n) is 15.7. The van der Waals surface area contributed by atoms with E-state index in [4.69, 9.17) is 4.74 Å². The molecule has 4 heteroatoms. The number of carbonyl (C=O) groups is 1. The summed E-state index contributed by atoms with van der Waals surface area (Å²) < 4.78 is 5.68. The molecule has 130 valence electrons. The van der Waals surface area contributed by atoms with Gasteiger partial charge in [0.1, 0.15) is 5.75 Å². The number of ether oxygens (including phenoxy) is 1. The minimum absolute atomic E-state index is 0.0136. The number of amides is 1. The Labute approximate surface area is 141 Å². The number of methoxy groups -OCH3 is 1. The highest BCUT2D eigenvalue weighted by Crippen LogP contribution is 2.35. The van der Waals surface area contributed by atoms with Gasteiger partial charge in [0.15, 0.2) is 0 Å². The molecule has 1 N–H and O–H groups in total. The van der Waals surface area contributed by atoms with Gasteiger partial charge >= 0.3 is 0 Å². The van der Waals surface area contributed by atoms with Gasteiger partial charge in [-0.25, -0.2) is 0 Å². The summed E-state index contributed by atoms with van der Waals surface area (Å²) in [5.41, 5.74) is 3.54. The first-order chi connectivity index (χ1) is 10.7. The van der Waals surface area contributed by atoms with Crippen LogP contribution in [0.4, 0.5) is 0 Å². The lowest BCUT2D eigenvalue weighted by Gasteiger charge is -2.25. The first kappa shape index (κ1) is 19.5. The van der Waals surface area contributed by atoms with Crippen molar-refractivity contribution in [3.8, 4) is 5.75 Å². The predicted octanol–water partition coefficient (Wildman–Crippen LogP) is 2.91. The molecular formula is C19H32N2O2. The Bertz CT molecular complexity index is 533. The van der Waals surface area contributed by atoms with Gasteiger partial charge in [0.25, 0.3) is 0 Å². The molecule has 0 atom stereocenters. The Morgan fingerprint density at radius 3 is 2.48 bits per heavy atom. The van der Waals surface area contributed by atoms with Crippen molar-refractivity contribution in [2.75, 3.05) is 34.3 Å². The molecule has 0 aliphatic heterocycles. The molecule has 0 aliphatic rings. The van der Waals surface area contributed by atoms with E-state index < -0.39 is 0 Å². The summed E-state index contributed by atoms with van der Waals surface area (Å²) in [4.78, 5) is 14.0. The van der Waals surface area contributed by atoms with Crippen molar-refractivity contribution >= 4 is 5.91 Å². The van der Waals surface area contributed by atoms with Crippen LogP contribution in [0, 0.1) is 6.92 Å². The number of carbonyl (C=O) groups excluding carboxylic acids is 1. The predicted molar refractivity (Wildman–Crippen MR) is 96.3 cm³/mol. The Balaban J connectivity index is 2.92. The molecule has 0 saturated heterocycles. The van der Waals surface area contributed by atoms with Crippen LogP contribution in [0.1, 0.15) is 43.9 Å². The van der Waals surface area contributed by atoms with E-state index in [9.17, 15) is 4.79 Å². The van der Waals surface area contributed by atoms with Gasteiger partial charge < -0.3 is 15.0 Å². The zero-order chi connectivity index (χ0) is 17.6. The van der Waals surface area contributed by atoms with Crippen molar-refractivity contribution in [3.05, 3.63) is 28.8 Å². The Morgan fingerprint density at radius 2 is 1.96 bits per heavy atom. The number of rotatable bonds is 7. The van der Waals surface area contributed by atoms with Crippen molar-refractivity contribution in [3.63, 3.8) is 0 Å². The molecule has 1 amide bonds. The van der Waals surface area contributed by atoms with Crippen molar-refractivity contribution in [1.82, 2.24) is 10.2 Å². The number of benzene rings is 1. The van der Waals surface area contributed by atoms with Gasteiger partial charge in [-0.2, -0.15) is 0 Å². The molecule has 0 radical (unpaired) electrons. The normalized spacial score (nSPS) is 11.4. The first-order valence-electron chi connectivity index (χ1n) is 8.27. The fraction of sp³-hybridized carbons (Fsp3) is 0.632. The van der Waals surface area contributed by atoms with Gasteiger partial charge in [0.05, 0.1) is 7.11 Å². The maximum atomic E-state index is 12.2. The van der Waals surface area contributed by atoms with Crippen LogP contribution in [0.15, 0.2) is 12.1 Å². The van der Waals surface area contributed by atoms with Gasteiger partial charge in [-0.05, 0) is 31.4 Å². The fourth-order valence-electron chi connectivity index (χ4n) is 2.67. The van der Waals surface area contributed by atoms with Gasteiger partial charge in [0.2, 0.25) is 5.91 Å². The molecule has 0 spiro atoms. The molecular weight excluding hydrogens is 288 g/mol. The standard InChI is InChI=1S/C19H32N2O2/c1-14-12-15(8-9-17(22)21(6)11-10-20-5)18(23-7)16(13-14)19(2,3)4/h12-13,20H,8-11H2,1-7H3. The molecule has 23 heavy (non-hydrogen) atoms. The second kappa shape index (κ2) is 8.34. The molecule has 0 fully saturated rings. The van der Waals surface area contributed by atoms with Crippen LogP contribution in [0.3, 0.4) is 0 Å². The minimum Gasteiger partial charge on any atom is -0.496 e. The molecule has 1 rings (SSSR count). The maximum absolute atomic E-state index is 12.2. The zero-order valence-corrected chi connectivity index (χ0v) is 15.7. The number of likely N-dealkylation sites (N-methyl/N-ethyl adjacent to an activating group) is 2. The third kappa shape index (κ3) is 5.54. The lowest BCUT2D eigenvalue weighted by atomic mass is 9.83. The van der Waals surface area contributed by atoms with Crippen LogP contribution in [0.5, 0.6) is 5.75 Å². The highest BCUT2D eigenvalue weighted by Gasteiger charge is 2.22. The summed E-state index contributed by atoms with van der Waals surface area (Å²) in [6, 6.07) is 4.32. The molecule has 0 unspecified atom stereocenters. The number of nitrogens with one attached hydrogen (secondary N) is 1. The van der Waals surface area contributed by atoms with Crippen molar-refractivity contribution < 1.29 is 9.53 Å². The molecule has 0 bridgehead atoms. The molecule has 1 aromatic rings. The van der Waals surface area contributed by atoms with E-state index in [0.29, 0.717) is 12.8 Å². The van der Waals surface area contributed by atoms with Crippen molar-refractivity contribution in [2.24, 2.45) is 0 Å². The van der Waals surface area contributed by atoms with E-state index >= 15 is 0 Å². The third-order valence-electron chi connectivity index (χ3n) is 4.05. The second-order valence-electron chi connectivity index (χ2n) is 7.17. The molecule has 1 aromatic carbocycles. The molecule has 0 saturated carbocycles. The smallest absolute Gasteiger partial charge is 0.222 e. The van der Waals surface area contributed by atoms with Crippen LogP contribution in [0.2, 0.25) is 0 Å². The second-order valence-corrected chi connectivity index (χ2v) is 7.17. The van der Waals surface area contributed by atoms with Crippen LogP contribution in [-0.2, 0) is 16.6 Å². The SMILES string of the molecule is CNCCN(C)C(=O)CCc1cc(C)cc(C(C)(C)C)c1OC. The Morgan fingerprint density at radius 1 is 1.30 bits per heavy atom. The minimum atomic E-state index is 0.0136. The molecule has 0 aromatic heterocycles. The Hall–Kier alpha value is -1.55.